The largest absolute Gasteiger partial charge is 0.489 e. The molecule has 0 atom stereocenters. The van der Waals surface area contributed by atoms with E-state index < -0.39 is 0 Å². The minimum absolute atomic E-state index is 0.538. The Balaban J connectivity index is 2.52. The maximum atomic E-state index is 5.71. The van der Waals surface area contributed by atoms with E-state index in [1.54, 1.807) is 7.11 Å². The maximum absolute atomic E-state index is 5.71. The highest BCUT2D eigenvalue weighted by atomic mass is 79.9. The number of benzene rings is 1. The fraction of sp³-hybridized carbons (Fsp3) is 0.571. The first-order valence-electron chi connectivity index (χ1n) is 6.57. The minimum atomic E-state index is 0.538. The molecule has 0 unspecified atom stereocenters. The van der Waals surface area contributed by atoms with E-state index in [0.29, 0.717) is 26.4 Å². The van der Waals surface area contributed by atoms with Crippen molar-refractivity contribution >= 4 is 31.9 Å². The topological polar surface area (TPSA) is 39.7 Å². The molecule has 1 aromatic rings. The second-order valence-electron chi connectivity index (χ2n) is 4.10. The summed E-state index contributed by atoms with van der Waals surface area (Å²) in [6, 6.07) is 4.11. The van der Waals surface area contributed by atoms with Crippen molar-refractivity contribution in [3.05, 3.63) is 26.6 Å². The molecule has 0 radical (unpaired) electrons. The van der Waals surface area contributed by atoms with Crippen molar-refractivity contribution in [2.24, 2.45) is 0 Å². The molecule has 1 aromatic carbocycles. The summed E-state index contributed by atoms with van der Waals surface area (Å²) in [4.78, 5) is 0. The van der Waals surface area contributed by atoms with Crippen LogP contribution in [-0.4, -0.2) is 40.1 Å². The molecule has 0 bridgehead atoms. The van der Waals surface area contributed by atoms with Gasteiger partial charge in [-0.15, -0.1) is 0 Å². The van der Waals surface area contributed by atoms with Gasteiger partial charge in [0.1, 0.15) is 12.4 Å². The minimum Gasteiger partial charge on any atom is -0.489 e. The average Bonchev–Trinajstić information content (AvgIpc) is 2.42. The summed E-state index contributed by atoms with van der Waals surface area (Å²) in [6.07, 6.45) is 0. The second-order valence-corrected chi connectivity index (χ2v) is 5.81. The zero-order valence-electron chi connectivity index (χ0n) is 11.9. The number of hydrogen-bond acceptors (Lipinski definition) is 4. The second kappa shape index (κ2) is 10.6. The van der Waals surface area contributed by atoms with Gasteiger partial charge in [-0.25, -0.2) is 0 Å². The van der Waals surface area contributed by atoms with E-state index in [4.69, 9.17) is 14.2 Å². The third-order valence-electron chi connectivity index (χ3n) is 2.55. The highest BCUT2D eigenvalue weighted by molar-refractivity contribution is 9.11. The number of halogens is 2. The number of methoxy groups -OCH3 is 1. The molecule has 0 aliphatic heterocycles. The first-order chi connectivity index (χ1) is 9.69. The van der Waals surface area contributed by atoms with Crippen LogP contribution in [-0.2, 0) is 16.0 Å². The van der Waals surface area contributed by atoms with Gasteiger partial charge in [0.2, 0.25) is 0 Å². The van der Waals surface area contributed by atoms with Gasteiger partial charge in [-0.2, -0.15) is 0 Å². The third kappa shape index (κ3) is 6.54. The van der Waals surface area contributed by atoms with Gasteiger partial charge in [-0.3, -0.25) is 0 Å². The molecule has 0 spiro atoms. The van der Waals surface area contributed by atoms with E-state index in [1.165, 1.54) is 5.56 Å². The number of rotatable bonds is 10. The van der Waals surface area contributed by atoms with Gasteiger partial charge in [0.15, 0.2) is 0 Å². The molecule has 0 saturated heterocycles. The Morgan fingerprint density at radius 3 is 2.40 bits per heavy atom. The lowest BCUT2D eigenvalue weighted by Gasteiger charge is -2.12. The monoisotopic (exact) mass is 409 g/mol. The van der Waals surface area contributed by atoms with Gasteiger partial charge in [-0.1, -0.05) is 0 Å². The first-order valence-corrected chi connectivity index (χ1v) is 8.15. The zero-order valence-corrected chi connectivity index (χ0v) is 15.1. The molecule has 0 amide bonds. The molecule has 4 nitrogen and oxygen atoms in total. The Labute approximate surface area is 137 Å². The Morgan fingerprint density at radius 2 is 1.80 bits per heavy atom. The summed E-state index contributed by atoms with van der Waals surface area (Å²) in [7, 11) is 1.70. The molecule has 1 N–H and O–H groups in total. The van der Waals surface area contributed by atoms with Gasteiger partial charge >= 0.3 is 0 Å². The molecule has 114 valence electrons. The van der Waals surface area contributed by atoms with E-state index in [0.717, 1.165) is 27.8 Å². The molecule has 0 saturated carbocycles. The van der Waals surface area contributed by atoms with Crippen molar-refractivity contribution in [3.63, 3.8) is 0 Å². The summed E-state index contributed by atoms with van der Waals surface area (Å²) in [5.41, 5.74) is 1.18. The van der Waals surface area contributed by atoms with Crippen LogP contribution >= 0.6 is 31.9 Å². The number of nitrogens with one attached hydrogen (secondary N) is 1. The van der Waals surface area contributed by atoms with Gasteiger partial charge < -0.3 is 19.5 Å². The summed E-state index contributed by atoms with van der Waals surface area (Å²) in [6.45, 7) is 6.14. The first kappa shape index (κ1) is 17.9. The fourth-order valence-electron chi connectivity index (χ4n) is 1.61. The smallest absolute Gasteiger partial charge is 0.147 e. The molecule has 1 rings (SSSR count). The van der Waals surface area contributed by atoms with E-state index in [9.17, 15) is 0 Å². The standard InChI is InChI=1S/C14H21Br2NO3/c1-3-19-6-7-20-14-12(15)8-11(9-13(14)16)10-17-4-5-18-2/h8-9,17H,3-7,10H2,1-2H3. The molecule has 0 fully saturated rings. The summed E-state index contributed by atoms with van der Waals surface area (Å²) in [5.74, 6) is 0.811. The average molecular weight is 411 g/mol. The van der Waals surface area contributed by atoms with E-state index in [-0.39, 0.29) is 0 Å². The van der Waals surface area contributed by atoms with Crippen LogP contribution < -0.4 is 10.1 Å². The molecule has 0 aromatic heterocycles. The normalized spacial score (nSPS) is 10.8. The van der Waals surface area contributed by atoms with Gasteiger partial charge in [0, 0.05) is 26.8 Å². The van der Waals surface area contributed by atoms with E-state index in [2.05, 4.69) is 49.3 Å². The highest BCUT2D eigenvalue weighted by Crippen LogP contribution is 2.34. The van der Waals surface area contributed by atoms with Crippen LogP contribution in [0.1, 0.15) is 12.5 Å². The van der Waals surface area contributed by atoms with Crippen LogP contribution in [0.3, 0.4) is 0 Å². The summed E-state index contributed by atoms with van der Waals surface area (Å²) >= 11 is 7.08. The fourth-order valence-corrected chi connectivity index (χ4v) is 3.12. The molecule has 0 aliphatic carbocycles. The predicted octanol–water partition coefficient (Wildman–Crippen LogP) is 3.36. The van der Waals surface area contributed by atoms with Crippen molar-refractivity contribution in [1.29, 1.82) is 0 Å². The van der Waals surface area contributed by atoms with Crippen LogP contribution in [0.25, 0.3) is 0 Å². The molecular formula is C14H21Br2NO3. The maximum Gasteiger partial charge on any atom is 0.147 e. The SMILES string of the molecule is CCOCCOc1c(Br)cc(CNCCOC)cc1Br. The van der Waals surface area contributed by atoms with Gasteiger partial charge in [0.05, 0.1) is 22.2 Å². The number of hydrogen-bond donors (Lipinski definition) is 1. The molecule has 0 heterocycles. The molecule has 0 aliphatic rings. The van der Waals surface area contributed by atoms with Crippen LogP contribution in [0.4, 0.5) is 0 Å². The Bertz CT molecular complexity index is 379. The Hall–Kier alpha value is -0.140. The van der Waals surface area contributed by atoms with Gasteiger partial charge in [-0.05, 0) is 56.5 Å². The Morgan fingerprint density at radius 1 is 1.10 bits per heavy atom. The summed E-state index contributed by atoms with van der Waals surface area (Å²) in [5, 5.41) is 3.31. The van der Waals surface area contributed by atoms with Crippen LogP contribution in [0.2, 0.25) is 0 Å². The van der Waals surface area contributed by atoms with Crippen molar-refractivity contribution in [1.82, 2.24) is 5.32 Å². The third-order valence-corrected chi connectivity index (χ3v) is 3.73. The van der Waals surface area contributed by atoms with Crippen molar-refractivity contribution in [3.8, 4) is 5.75 Å². The Kier molecular flexibility index (Phi) is 9.46. The van der Waals surface area contributed by atoms with Crippen molar-refractivity contribution < 1.29 is 14.2 Å². The highest BCUT2D eigenvalue weighted by Gasteiger charge is 2.09. The van der Waals surface area contributed by atoms with Crippen LogP contribution in [0.15, 0.2) is 21.1 Å². The quantitative estimate of drug-likeness (QED) is 0.600. The molecular weight excluding hydrogens is 390 g/mol. The number of ether oxygens (including phenoxy) is 3. The van der Waals surface area contributed by atoms with Crippen LogP contribution in [0.5, 0.6) is 5.75 Å². The van der Waals surface area contributed by atoms with Crippen molar-refractivity contribution in [2.75, 3.05) is 40.1 Å². The zero-order chi connectivity index (χ0) is 14.8. The van der Waals surface area contributed by atoms with E-state index in [1.807, 2.05) is 6.92 Å². The van der Waals surface area contributed by atoms with Gasteiger partial charge in [0.25, 0.3) is 0 Å². The lowest BCUT2D eigenvalue weighted by molar-refractivity contribution is 0.109. The summed E-state index contributed by atoms with van der Waals surface area (Å²) < 4.78 is 17.8. The molecule has 20 heavy (non-hydrogen) atoms. The molecule has 6 heteroatoms. The lowest BCUT2D eigenvalue weighted by Crippen LogP contribution is -2.18. The van der Waals surface area contributed by atoms with Crippen molar-refractivity contribution in [2.45, 2.75) is 13.5 Å². The lowest BCUT2D eigenvalue weighted by atomic mass is 10.2. The van der Waals surface area contributed by atoms with Crippen LogP contribution in [0, 0.1) is 0 Å². The predicted molar refractivity (Wildman–Crippen MR) is 87.4 cm³/mol. The van der Waals surface area contributed by atoms with E-state index >= 15 is 0 Å².